The van der Waals surface area contributed by atoms with Gasteiger partial charge in [0.25, 0.3) is 0 Å². The van der Waals surface area contributed by atoms with E-state index in [0.717, 1.165) is 99.2 Å². The van der Waals surface area contributed by atoms with Gasteiger partial charge in [-0.15, -0.1) is 0 Å². The highest BCUT2D eigenvalue weighted by molar-refractivity contribution is 7.50. The lowest BCUT2D eigenvalue weighted by molar-refractivity contribution is -0.207. The van der Waals surface area contributed by atoms with Gasteiger partial charge in [-0.2, -0.15) is 8.78 Å². The molecule has 2 unspecified atom stereocenters. The number of fused-ring (bicyclic) bond motifs is 8. The van der Waals surface area contributed by atoms with E-state index in [1.807, 2.05) is 26.0 Å². The molecule has 1 heterocycles. The molecule has 8 bridgehead atoms. The molecule has 12 fully saturated rings. The molecule has 0 radical (unpaired) electrons. The van der Waals surface area contributed by atoms with Crippen LogP contribution in [0.5, 0.6) is 5.75 Å². The fourth-order valence-corrected chi connectivity index (χ4v) is 24.0. The summed E-state index contributed by atoms with van der Waals surface area (Å²) in [6.45, 7) is 9.18. The number of carbonyl (C=O) groups is 7. The molecule has 12 saturated carbocycles. The van der Waals surface area contributed by atoms with Crippen LogP contribution in [-0.2, 0) is 52.5 Å². The molecule has 0 saturated heterocycles. The molecule has 16 rings (SSSR count). The van der Waals surface area contributed by atoms with Crippen LogP contribution in [0.2, 0.25) is 0 Å². The molecular formula is C76H93F4O12S+. The fraction of sp³-hybridized carbons (Fsp3) is 0.671. The van der Waals surface area contributed by atoms with E-state index in [1.54, 1.807) is 7.11 Å². The number of rotatable bonds is 18. The van der Waals surface area contributed by atoms with Crippen LogP contribution in [0.1, 0.15) is 188 Å². The van der Waals surface area contributed by atoms with Gasteiger partial charge in [0, 0.05) is 89.3 Å². The van der Waals surface area contributed by atoms with Crippen LogP contribution in [0.25, 0.3) is 25.1 Å². The van der Waals surface area contributed by atoms with Gasteiger partial charge in [0.1, 0.15) is 34.3 Å². The minimum atomic E-state index is -4.26. The van der Waals surface area contributed by atoms with Crippen LogP contribution < -0.4 is 4.74 Å². The molecule has 0 N–H and O–H groups in total. The van der Waals surface area contributed by atoms with Crippen molar-refractivity contribution in [1.82, 2.24) is 0 Å². The fourth-order valence-electron chi connectivity index (χ4n) is 21.6. The smallest absolute Gasteiger partial charge is 0.344 e. The number of Topliss-reactive ketones (excluding diaryl/α,β-unsaturated/α-hetero) is 3. The maximum atomic E-state index is 14.4. The molecule has 12 aliphatic carbocycles. The lowest BCUT2D eigenvalue weighted by Crippen LogP contribution is -2.60. The first kappa shape index (κ1) is 65.9. The number of ketones is 3. The zero-order chi connectivity index (χ0) is 65.9. The lowest BCUT2D eigenvalue weighted by atomic mass is 9.44. The summed E-state index contributed by atoms with van der Waals surface area (Å²) in [7, 11) is 1.15. The molecule has 0 spiro atoms. The normalized spacial score (nSPS) is 36.1. The predicted octanol–water partition coefficient (Wildman–Crippen LogP) is 16.5. The molecule has 0 amide bonds. The maximum absolute atomic E-state index is 14.4. The van der Waals surface area contributed by atoms with Gasteiger partial charge in [0.05, 0.1) is 32.5 Å². The number of hydrogen-bond donors (Lipinski definition) is 0. The van der Waals surface area contributed by atoms with Crippen molar-refractivity contribution in [3.05, 3.63) is 72.3 Å². The van der Waals surface area contributed by atoms with Crippen molar-refractivity contribution in [3.63, 3.8) is 0 Å². The van der Waals surface area contributed by atoms with Crippen LogP contribution in [0.3, 0.4) is 0 Å². The topological polar surface area (TPSA) is 166 Å². The Morgan fingerprint density at radius 2 is 1.22 bits per heavy atom. The predicted molar refractivity (Wildman–Crippen MR) is 344 cm³/mol. The summed E-state index contributed by atoms with van der Waals surface area (Å²) in [5, 5.41) is 2.40. The molecule has 93 heavy (non-hydrogen) atoms. The van der Waals surface area contributed by atoms with Crippen LogP contribution in [0, 0.1) is 93.7 Å². The van der Waals surface area contributed by atoms with E-state index >= 15 is 0 Å². The number of thiophene rings is 1. The number of esters is 4. The summed E-state index contributed by atoms with van der Waals surface area (Å²) in [6.07, 6.45) is 14.2. The molecule has 9 atom stereocenters. The standard InChI is InChI=1S/C47H53O7S.C29H40F4O5/c1-46(31-16-27-14-28(18-31)19-32(46)17-27)53-43(48)25-39(45(50)52-26-44(49)54-47(2)33-20-29-15-30(22-33)23-34(47)21-29)38-24-35(12-13-40(38)51-3)55-41-10-6-4-8-36(41)37-9-5-7-11-42(37)55;1-16(5-8-24(37)38-12-11-29(32,33)28(4,30)31)19-6-7-20-25-21(15-23(36)27(19,20)3)26(2)10-9-18(34)13-17(26)14-22(25)35/h4-13,24,27-34,39H,14-23,25-26H2,1-3H3;16-17,19-21,25H,5-15H2,1-4H3/q+1;/t;16-,17?,19-,20-,21+,25+,26+,27-/m.1/s1. The van der Waals surface area contributed by atoms with E-state index in [2.05, 4.69) is 75.4 Å². The van der Waals surface area contributed by atoms with E-state index in [1.165, 1.54) is 33.0 Å². The van der Waals surface area contributed by atoms with E-state index in [-0.39, 0.29) is 78.0 Å². The molecule has 12 nitrogen and oxygen atoms in total. The van der Waals surface area contributed by atoms with Crippen molar-refractivity contribution in [1.29, 1.82) is 0 Å². The number of alkyl halides is 4. The van der Waals surface area contributed by atoms with Crippen molar-refractivity contribution in [2.24, 2.45) is 93.7 Å². The molecule has 1 aromatic heterocycles. The monoisotopic (exact) mass is 1310 g/mol. The zero-order valence-corrected chi connectivity index (χ0v) is 55.9. The van der Waals surface area contributed by atoms with Gasteiger partial charge in [-0.1, -0.05) is 45.0 Å². The molecule has 12 aliphatic rings. The first-order valence-electron chi connectivity index (χ1n) is 34.8. The van der Waals surface area contributed by atoms with Gasteiger partial charge in [0.15, 0.2) is 20.9 Å². The van der Waals surface area contributed by atoms with Crippen LogP contribution in [-0.4, -0.2) is 84.6 Å². The van der Waals surface area contributed by atoms with Gasteiger partial charge >= 0.3 is 35.7 Å². The highest BCUT2D eigenvalue weighted by atomic mass is 32.2. The van der Waals surface area contributed by atoms with Crippen LogP contribution in [0.4, 0.5) is 17.6 Å². The maximum Gasteiger partial charge on any atom is 0.344 e. The third kappa shape index (κ3) is 11.8. The lowest BCUT2D eigenvalue weighted by Gasteiger charge is -2.59. The highest BCUT2D eigenvalue weighted by Gasteiger charge is 2.67. The average molecular weight is 1310 g/mol. The summed E-state index contributed by atoms with van der Waals surface area (Å²) in [5.74, 6) is -6.73. The Morgan fingerprint density at radius 1 is 0.656 bits per heavy atom. The Labute approximate surface area is 546 Å². The number of halogens is 4. The highest BCUT2D eigenvalue weighted by Crippen LogP contribution is 2.67. The van der Waals surface area contributed by atoms with Gasteiger partial charge < -0.3 is 23.7 Å². The number of benzene rings is 3. The summed E-state index contributed by atoms with van der Waals surface area (Å²) in [4.78, 5) is 94.8. The molecule has 3 aromatic carbocycles. The Balaban J connectivity index is 0.000000182. The van der Waals surface area contributed by atoms with E-state index in [0.29, 0.717) is 67.1 Å². The van der Waals surface area contributed by atoms with Gasteiger partial charge in [-0.25, -0.2) is 13.6 Å². The number of methoxy groups -OCH3 is 1. The number of ether oxygens (including phenoxy) is 5. The number of hydrogen-bond acceptors (Lipinski definition) is 12. The third-order valence-electron chi connectivity index (χ3n) is 26.5. The van der Waals surface area contributed by atoms with Gasteiger partial charge in [-0.05, 0) is 216 Å². The van der Waals surface area contributed by atoms with Crippen LogP contribution >= 0.6 is 10.5 Å². The van der Waals surface area contributed by atoms with Crippen molar-refractivity contribution in [3.8, 4) is 10.6 Å². The molecule has 0 aliphatic heterocycles. The molecule has 17 heteroatoms. The molecule has 502 valence electrons. The van der Waals surface area contributed by atoms with Crippen LogP contribution in [0.15, 0.2) is 66.7 Å². The van der Waals surface area contributed by atoms with Crippen molar-refractivity contribution in [2.75, 3.05) is 20.3 Å². The summed E-state index contributed by atoms with van der Waals surface area (Å²) in [6, 6.07) is 22.9. The quantitative estimate of drug-likeness (QED) is 0.0401. The Bertz CT molecular complexity index is 3500. The number of carbonyl (C=O) groups excluding carboxylic acids is 7. The molecule has 4 aromatic rings. The Hall–Kier alpha value is -5.71. The summed E-state index contributed by atoms with van der Waals surface area (Å²) >= 11 is 0. The largest absolute Gasteiger partial charge is 0.496 e. The zero-order valence-electron chi connectivity index (χ0n) is 55.1. The summed E-state index contributed by atoms with van der Waals surface area (Å²) < 4.78 is 84.5. The second-order valence-electron chi connectivity index (χ2n) is 31.5. The van der Waals surface area contributed by atoms with Crippen molar-refractivity contribution < 1.29 is 74.8 Å². The Kier molecular flexibility index (Phi) is 17.5. The SMILES string of the molecule is COc1ccc(-[s+]2c3ccccc3c3ccccc32)cc1C(CC(=O)OC1(C)C2CC3CC(C2)CC1C3)C(=O)OCC(=O)OC1(C)C2CC3CC(C2)CC1C3.C[C@H](CCC(=O)OCCC(F)(F)C(C)(F)F)[C@H]1CC[C@@H]2[C@@H]3C(=O)CC4CC(=O)CC[C@]4(C)[C@H]3CC(=O)[C@@]21C. The minimum absolute atomic E-state index is 0.0142. The third-order valence-corrected chi connectivity index (χ3v) is 28.8. The first-order chi connectivity index (χ1) is 44.1. The van der Waals surface area contributed by atoms with Crippen molar-refractivity contribution in [2.45, 2.75) is 205 Å². The minimum Gasteiger partial charge on any atom is -0.496 e. The Morgan fingerprint density at radius 3 is 1.77 bits per heavy atom. The summed E-state index contributed by atoms with van der Waals surface area (Å²) in [5.41, 5.74) is -1.37. The second kappa shape index (κ2) is 24.7. The van der Waals surface area contributed by atoms with E-state index in [9.17, 15) is 51.1 Å². The van der Waals surface area contributed by atoms with Crippen molar-refractivity contribution >= 4 is 71.9 Å². The van der Waals surface area contributed by atoms with E-state index < -0.39 is 88.4 Å². The molecular weight excluding hydrogens is 1210 g/mol. The second-order valence-corrected chi connectivity index (χ2v) is 33.5. The van der Waals surface area contributed by atoms with Gasteiger partial charge in [-0.3, -0.25) is 28.8 Å². The average Bonchev–Trinajstić information content (AvgIpc) is 1.70. The van der Waals surface area contributed by atoms with Gasteiger partial charge in [0.2, 0.25) is 0 Å². The van der Waals surface area contributed by atoms with E-state index in [4.69, 9.17) is 23.7 Å². The first-order valence-corrected chi connectivity index (χ1v) is 36.0.